The van der Waals surface area contributed by atoms with Crippen molar-refractivity contribution in [2.45, 2.75) is 25.0 Å². The Hall–Kier alpha value is -2.67. The molecule has 160 valence electrons. The lowest BCUT2D eigenvalue weighted by Gasteiger charge is -2.23. The van der Waals surface area contributed by atoms with E-state index in [-0.39, 0.29) is 17.8 Å². The molecule has 2 aliphatic heterocycles. The Morgan fingerprint density at radius 3 is 2.60 bits per heavy atom. The highest BCUT2D eigenvalue weighted by Gasteiger charge is 2.30. The van der Waals surface area contributed by atoms with E-state index >= 15 is 0 Å². The molecule has 0 aromatic heterocycles. The summed E-state index contributed by atoms with van der Waals surface area (Å²) in [7, 11) is 1.73. The fourth-order valence-corrected chi connectivity index (χ4v) is 4.34. The molecule has 0 amide bonds. The van der Waals surface area contributed by atoms with Crippen LogP contribution in [0.2, 0.25) is 0 Å². The van der Waals surface area contributed by atoms with Crippen molar-refractivity contribution in [2.24, 2.45) is 10.9 Å². The second-order valence-corrected chi connectivity index (χ2v) is 7.85. The Bertz CT molecular complexity index is 857. The van der Waals surface area contributed by atoms with Crippen LogP contribution in [0.3, 0.4) is 0 Å². The smallest absolute Gasteiger partial charge is 0.191 e. The molecule has 2 aromatic rings. The Morgan fingerprint density at radius 2 is 1.87 bits per heavy atom. The summed E-state index contributed by atoms with van der Waals surface area (Å²) in [6.45, 7) is 2.62. The van der Waals surface area contributed by atoms with Crippen molar-refractivity contribution in [3.8, 4) is 0 Å². The number of rotatable bonds is 5. The maximum atomic E-state index is 14.1. The first-order chi connectivity index (χ1) is 14.7. The molecule has 0 spiro atoms. The van der Waals surface area contributed by atoms with E-state index in [1.165, 1.54) is 23.8 Å². The fraction of sp³-hybridized carbons (Fsp3) is 0.435. The number of aliphatic imine (C=N–C) groups is 1. The first kappa shape index (κ1) is 20.6. The maximum absolute atomic E-state index is 14.1. The molecule has 3 unspecified atom stereocenters. The fourth-order valence-electron chi connectivity index (χ4n) is 4.34. The molecular weight excluding hydrogens is 386 g/mol. The average Bonchev–Trinajstić information content (AvgIpc) is 3.41. The van der Waals surface area contributed by atoms with Crippen LogP contribution in [0.25, 0.3) is 0 Å². The SMILES string of the molecule is CN=C(NCC1CCOC1c1ccccc1)NC1CCN(c2c(F)cccc2F)C1. The minimum Gasteiger partial charge on any atom is -0.373 e. The molecule has 0 radical (unpaired) electrons. The van der Waals surface area contributed by atoms with Gasteiger partial charge in [-0.25, -0.2) is 8.78 Å². The Kier molecular flexibility index (Phi) is 6.47. The lowest BCUT2D eigenvalue weighted by molar-refractivity contribution is 0.0915. The molecule has 2 aliphatic rings. The maximum Gasteiger partial charge on any atom is 0.191 e. The van der Waals surface area contributed by atoms with Crippen LogP contribution in [0.5, 0.6) is 0 Å². The second-order valence-electron chi connectivity index (χ2n) is 7.85. The molecule has 2 aromatic carbocycles. The highest BCUT2D eigenvalue weighted by atomic mass is 19.1. The van der Waals surface area contributed by atoms with Gasteiger partial charge in [-0.2, -0.15) is 0 Å². The number of ether oxygens (including phenoxy) is 1. The molecule has 0 bridgehead atoms. The van der Waals surface area contributed by atoms with E-state index in [2.05, 4.69) is 27.8 Å². The quantitative estimate of drug-likeness (QED) is 0.581. The summed E-state index contributed by atoms with van der Waals surface area (Å²) < 4.78 is 34.1. The number of anilines is 1. The standard InChI is InChI=1S/C23H28F2N4O/c1-26-23(27-14-17-11-13-30-22(17)16-6-3-2-4-7-16)28-18-10-12-29(15-18)21-19(24)8-5-9-20(21)25/h2-9,17-18,22H,10-15H2,1H3,(H2,26,27,28). The van der Waals surface area contributed by atoms with E-state index in [1.807, 2.05) is 18.2 Å². The van der Waals surface area contributed by atoms with Gasteiger partial charge in [-0.05, 0) is 30.5 Å². The molecular formula is C23H28F2N4O. The number of halogens is 2. The van der Waals surface area contributed by atoms with Gasteiger partial charge in [-0.1, -0.05) is 36.4 Å². The van der Waals surface area contributed by atoms with Gasteiger partial charge in [0.2, 0.25) is 0 Å². The molecule has 0 aliphatic carbocycles. The monoisotopic (exact) mass is 414 g/mol. The predicted molar refractivity (Wildman–Crippen MR) is 115 cm³/mol. The van der Waals surface area contributed by atoms with E-state index in [4.69, 9.17) is 4.74 Å². The molecule has 5 nitrogen and oxygen atoms in total. The van der Waals surface area contributed by atoms with Gasteiger partial charge < -0.3 is 20.3 Å². The zero-order valence-corrected chi connectivity index (χ0v) is 17.2. The summed E-state index contributed by atoms with van der Waals surface area (Å²) in [5.41, 5.74) is 1.25. The normalized spacial score (nSPS) is 24.3. The summed E-state index contributed by atoms with van der Waals surface area (Å²) in [5, 5.41) is 6.80. The zero-order valence-electron chi connectivity index (χ0n) is 17.2. The van der Waals surface area contributed by atoms with Crippen molar-refractivity contribution in [2.75, 3.05) is 38.2 Å². The van der Waals surface area contributed by atoms with Gasteiger partial charge in [-0.3, -0.25) is 4.99 Å². The van der Waals surface area contributed by atoms with E-state index in [9.17, 15) is 8.78 Å². The number of para-hydroxylation sites is 1. The van der Waals surface area contributed by atoms with Crippen LogP contribution < -0.4 is 15.5 Å². The molecule has 0 saturated carbocycles. The van der Waals surface area contributed by atoms with Crippen LogP contribution in [-0.4, -0.2) is 45.3 Å². The number of hydrogen-bond acceptors (Lipinski definition) is 3. The van der Waals surface area contributed by atoms with Crippen LogP contribution in [0.1, 0.15) is 24.5 Å². The number of guanidine groups is 1. The Balaban J connectivity index is 1.31. The van der Waals surface area contributed by atoms with Crippen LogP contribution in [0, 0.1) is 17.6 Å². The predicted octanol–water partition coefficient (Wildman–Crippen LogP) is 3.49. The second kappa shape index (κ2) is 9.43. The lowest BCUT2D eigenvalue weighted by Crippen LogP contribution is -2.46. The van der Waals surface area contributed by atoms with Crippen molar-refractivity contribution in [1.29, 1.82) is 0 Å². The van der Waals surface area contributed by atoms with E-state index < -0.39 is 11.6 Å². The molecule has 30 heavy (non-hydrogen) atoms. The highest BCUT2D eigenvalue weighted by molar-refractivity contribution is 5.80. The third kappa shape index (κ3) is 4.56. The largest absolute Gasteiger partial charge is 0.373 e. The Labute approximate surface area is 176 Å². The van der Waals surface area contributed by atoms with Crippen molar-refractivity contribution < 1.29 is 13.5 Å². The van der Waals surface area contributed by atoms with Gasteiger partial charge in [0.1, 0.15) is 17.3 Å². The first-order valence-corrected chi connectivity index (χ1v) is 10.5. The molecule has 2 saturated heterocycles. The van der Waals surface area contributed by atoms with E-state index in [1.54, 1.807) is 11.9 Å². The minimum absolute atomic E-state index is 0.0542. The molecule has 3 atom stereocenters. The van der Waals surface area contributed by atoms with E-state index in [0.29, 0.717) is 25.0 Å². The summed E-state index contributed by atoms with van der Waals surface area (Å²) in [4.78, 5) is 6.09. The van der Waals surface area contributed by atoms with Crippen LogP contribution in [0.4, 0.5) is 14.5 Å². The van der Waals surface area contributed by atoms with Crippen molar-refractivity contribution in [3.05, 3.63) is 65.7 Å². The summed E-state index contributed by atoms with van der Waals surface area (Å²) in [6.07, 6.45) is 1.86. The third-order valence-electron chi connectivity index (χ3n) is 5.88. The van der Waals surface area contributed by atoms with Crippen LogP contribution >= 0.6 is 0 Å². The minimum atomic E-state index is -0.522. The molecule has 2 N–H and O–H groups in total. The number of hydrogen-bond donors (Lipinski definition) is 2. The molecule has 7 heteroatoms. The molecule has 2 heterocycles. The first-order valence-electron chi connectivity index (χ1n) is 10.5. The van der Waals surface area contributed by atoms with Gasteiger partial charge in [0, 0.05) is 45.2 Å². The van der Waals surface area contributed by atoms with Gasteiger partial charge in [0.05, 0.1) is 6.10 Å². The Morgan fingerprint density at radius 1 is 1.10 bits per heavy atom. The van der Waals surface area contributed by atoms with Crippen LogP contribution in [-0.2, 0) is 4.74 Å². The lowest BCUT2D eigenvalue weighted by atomic mass is 9.95. The van der Waals surface area contributed by atoms with Crippen molar-refractivity contribution in [3.63, 3.8) is 0 Å². The van der Waals surface area contributed by atoms with Gasteiger partial charge in [-0.15, -0.1) is 0 Å². The topological polar surface area (TPSA) is 48.9 Å². The third-order valence-corrected chi connectivity index (χ3v) is 5.88. The number of benzene rings is 2. The highest BCUT2D eigenvalue weighted by Crippen LogP contribution is 2.34. The van der Waals surface area contributed by atoms with Crippen LogP contribution in [0.15, 0.2) is 53.5 Å². The average molecular weight is 415 g/mol. The summed E-state index contributed by atoms with van der Waals surface area (Å²) in [5.74, 6) is 0.0193. The molecule has 2 fully saturated rings. The van der Waals surface area contributed by atoms with Crippen molar-refractivity contribution in [1.82, 2.24) is 10.6 Å². The van der Waals surface area contributed by atoms with Crippen molar-refractivity contribution >= 4 is 11.6 Å². The molecule has 4 rings (SSSR count). The van der Waals surface area contributed by atoms with Gasteiger partial charge in [0.15, 0.2) is 5.96 Å². The number of nitrogens with one attached hydrogen (secondary N) is 2. The zero-order chi connectivity index (χ0) is 20.9. The number of nitrogens with zero attached hydrogens (tertiary/aromatic N) is 2. The summed E-state index contributed by atoms with van der Waals surface area (Å²) >= 11 is 0. The summed E-state index contributed by atoms with van der Waals surface area (Å²) in [6, 6.07) is 14.3. The van der Waals surface area contributed by atoms with E-state index in [0.717, 1.165) is 26.0 Å². The van der Waals surface area contributed by atoms with Gasteiger partial charge >= 0.3 is 0 Å². The van der Waals surface area contributed by atoms with Gasteiger partial charge in [0.25, 0.3) is 0 Å².